The van der Waals surface area contributed by atoms with Gasteiger partial charge in [0.1, 0.15) is 5.82 Å². The fourth-order valence-corrected chi connectivity index (χ4v) is 4.18. The van der Waals surface area contributed by atoms with Crippen LogP contribution in [-0.4, -0.2) is 42.3 Å². The summed E-state index contributed by atoms with van der Waals surface area (Å²) in [7, 11) is 0. The number of nitrogens with zero attached hydrogens (tertiary/aromatic N) is 3. The molecule has 2 aromatic carbocycles. The zero-order valence-corrected chi connectivity index (χ0v) is 19.3. The number of aromatic nitrogens is 1. The molecule has 0 spiro atoms. The highest BCUT2D eigenvalue weighted by Crippen LogP contribution is 2.32. The molecule has 1 amide bonds. The summed E-state index contributed by atoms with van der Waals surface area (Å²) in [4.78, 5) is 19.7. The maximum Gasteiger partial charge on any atom is 0.281 e. The van der Waals surface area contributed by atoms with Crippen LogP contribution in [0.3, 0.4) is 0 Å². The number of rotatable bonds is 5. The van der Waals surface area contributed by atoms with Crippen LogP contribution in [0.2, 0.25) is 0 Å². The van der Waals surface area contributed by atoms with Crippen LogP contribution < -0.4 is 15.5 Å². The van der Waals surface area contributed by atoms with Crippen LogP contribution in [0.15, 0.2) is 60.8 Å². The van der Waals surface area contributed by atoms with E-state index in [0.717, 1.165) is 54.4 Å². The maximum atomic E-state index is 12.6. The number of aliphatic hydroxyl groups is 1. The standard InChI is InChI=1S/C27H27N4O3/c1-27(2,33)20-5-3-4-18(16-20)23-17-19-10-11-28-26(32)24(19)25(30-23)29-21-6-8-22(9-7-21)31-12-14-34-15-13-31/h3-11,16-17,33H,12-15H2,1-2H3,(H,29,30). The van der Waals surface area contributed by atoms with E-state index >= 15 is 0 Å². The van der Waals surface area contributed by atoms with Crippen molar-refractivity contribution in [2.24, 2.45) is 0 Å². The third kappa shape index (κ3) is 4.53. The molecule has 2 aliphatic rings. The molecule has 34 heavy (non-hydrogen) atoms. The molecule has 7 nitrogen and oxygen atoms in total. The molecule has 0 aliphatic carbocycles. The number of ether oxygens (including phenoxy) is 1. The molecule has 0 atom stereocenters. The Morgan fingerprint density at radius 1 is 1.06 bits per heavy atom. The van der Waals surface area contributed by atoms with Crippen LogP contribution in [0, 0.1) is 0 Å². The number of amides is 1. The molecule has 1 fully saturated rings. The van der Waals surface area contributed by atoms with Crippen molar-refractivity contribution < 1.29 is 14.6 Å². The van der Waals surface area contributed by atoms with E-state index in [1.165, 1.54) is 6.20 Å². The van der Waals surface area contributed by atoms with Gasteiger partial charge in [-0.3, -0.25) is 4.79 Å². The SMILES string of the molecule is CC(C)(O)c1cccc(-c2cc3c(c(Nc4ccc(N5CCOCC5)cc4)n2)C(=O)[N]C=C3)c1. The zero-order chi connectivity index (χ0) is 23.7. The van der Waals surface area contributed by atoms with Gasteiger partial charge in [0, 0.05) is 36.2 Å². The molecule has 7 heteroatoms. The van der Waals surface area contributed by atoms with E-state index in [-0.39, 0.29) is 5.91 Å². The Bertz CT molecular complexity index is 1240. The molecule has 2 aliphatic heterocycles. The Morgan fingerprint density at radius 3 is 2.56 bits per heavy atom. The van der Waals surface area contributed by atoms with Crippen molar-refractivity contribution in [3.05, 3.63) is 77.5 Å². The summed E-state index contributed by atoms with van der Waals surface area (Å²) < 4.78 is 5.44. The first-order chi connectivity index (χ1) is 16.4. The van der Waals surface area contributed by atoms with Crippen molar-refractivity contribution in [1.29, 1.82) is 0 Å². The summed E-state index contributed by atoms with van der Waals surface area (Å²) >= 11 is 0. The number of fused-ring (bicyclic) bond motifs is 1. The second-order valence-corrected chi connectivity index (χ2v) is 8.98. The minimum absolute atomic E-state index is 0.325. The summed E-state index contributed by atoms with van der Waals surface area (Å²) in [5.74, 6) is 0.132. The summed E-state index contributed by atoms with van der Waals surface area (Å²) in [6, 6.07) is 17.6. The predicted molar refractivity (Wildman–Crippen MR) is 133 cm³/mol. The molecule has 0 unspecified atom stereocenters. The van der Waals surface area contributed by atoms with Gasteiger partial charge >= 0.3 is 0 Å². The average Bonchev–Trinajstić information content (AvgIpc) is 2.84. The molecule has 3 aromatic rings. The predicted octanol–water partition coefficient (Wildman–Crippen LogP) is 4.29. The van der Waals surface area contributed by atoms with Crippen molar-refractivity contribution >= 4 is 29.2 Å². The van der Waals surface area contributed by atoms with Gasteiger partial charge in [0.05, 0.1) is 30.1 Å². The van der Waals surface area contributed by atoms with Gasteiger partial charge in [0.25, 0.3) is 5.91 Å². The molecule has 3 heterocycles. The van der Waals surface area contributed by atoms with Crippen LogP contribution in [0.5, 0.6) is 0 Å². The van der Waals surface area contributed by atoms with E-state index < -0.39 is 5.60 Å². The lowest BCUT2D eigenvalue weighted by atomic mass is 9.94. The summed E-state index contributed by atoms with van der Waals surface area (Å²) in [6.07, 6.45) is 3.33. The van der Waals surface area contributed by atoms with Crippen LogP contribution in [0.1, 0.15) is 35.3 Å². The van der Waals surface area contributed by atoms with Crippen molar-refractivity contribution in [1.82, 2.24) is 10.3 Å². The Balaban J connectivity index is 1.50. The lowest BCUT2D eigenvalue weighted by Gasteiger charge is -2.29. The fourth-order valence-electron chi connectivity index (χ4n) is 4.18. The average molecular weight is 456 g/mol. The molecule has 1 saturated heterocycles. The molecule has 173 valence electrons. The van der Waals surface area contributed by atoms with E-state index in [1.807, 2.05) is 48.5 Å². The second-order valence-electron chi connectivity index (χ2n) is 8.98. The third-order valence-corrected chi connectivity index (χ3v) is 6.08. The number of hydrogen-bond acceptors (Lipinski definition) is 6. The van der Waals surface area contributed by atoms with E-state index in [0.29, 0.717) is 17.1 Å². The van der Waals surface area contributed by atoms with Crippen LogP contribution in [-0.2, 0) is 10.3 Å². The normalized spacial score (nSPS) is 15.6. The number of benzene rings is 2. The van der Waals surface area contributed by atoms with Crippen molar-refractivity contribution in [3.63, 3.8) is 0 Å². The van der Waals surface area contributed by atoms with E-state index in [9.17, 15) is 9.90 Å². The van der Waals surface area contributed by atoms with Crippen molar-refractivity contribution in [2.75, 3.05) is 36.5 Å². The molecule has 0 saturated carbocycles. The van der Waals surface area contributed by atoms with Gasteiger partial charge in [-0.25, -0.2) is 10.3 Å². The van der Waals surface area contributed by atoms with E-state index in [1.54, 1.807) is 13.8 Å². The van der Waals surface area contributed by atoms with Crippen molar-refractivity contribution in [3.8, 4) is 11.3 Å². The van der Waals surface area contributed by atoms with Gasteiger partial charge in [-0.15, -0.1) is 0 Å². The monoisotopic (exact) mass is 455 g/mol. The molecule has 0 bridgehead atoms. The quantitative estimate of drug-likeness (QED) is 0.597. The number of carbonyl (C=O) groups excluding carboxylic acids is 1. The van der Waals surface area contributed by atoms with Crippen molar-refractivity contribution in [2.45, 2.75) is 19.4 Å². The number of nitrogens with one attached hydrogen (secondary N) is 1. The van der Waals surface area contributed by atoms with Gasteiger partial charge in [-0.1, -0.05) is 18.2 Å². The van der Waals surface area contributed by atoms with Gasteiger partial charge in [-0.05, 0) is 67.4 Å². The highest BCUT2D eigenvalue weighted by molar-refractivity contribution is 6.05. The number of carbonyl (C=O) groups is 1. The Kier molecular flexibility index (Phi) is 5.81. The number of hydrogen-bond donors (Lipinski definition) is 2. The Morgan fingerprint density at radius 2 is 1.82 bits per heavy atom. The minimum Gasteiger partial charge on any atom is -0.386 e. The fraction of sp³-hybridized carbons (Fsp3) is 0.259. The van der Waals surface area contributed by atoms with Gasteiger partial charge in [0.15, 0.2) is 0 Å². The van der Waals surface area contributed by atoms with Crippen LogP contribution in [0.25, 0.3) is 17.3 Å². The highest BCUT2D eigenvalue weighted by Gasteiger charge is 2.23. The van der Waals surface area contributed by atoms with Gasteiger partial charge < -0.3 is 20.1 Å². The largest absolute Gasteiger partial charge is 0.386 e. The highest BCUT2D eigenvalue weighted by atomic mass is 16.5. The topological polar surface area (TPSA) is 88.8 Å². The first kappa shape index (κ1) is 22.1. The molecular weight excluding hydrogens is 428 g/mol. The molecule has 1 radical (unpaired) electrons. The zero-order valence-electron chi connectivity index (χ0n) is 19.3. The van der Waals surface area contributed by atoms with Gasteiger partial charge in [0.2, 0.25) is 0 Å². The molecule has 1 aromatic heterocycles. The Hall–Kier alpha value is -3.68. The summed E-state index contributed by atoms with van der Waals surface area (Å²) in [6.45, 7) is 6.71. The van der Waals surface area contributed by atoms with Crippen LogP contribution in [0.4, 0.5) is 17.2 Å². The molecular formula is C27H27N4O3. The van der Waals surface area contributed by atoms with E-state index in [4.69, 9.17) is 9.72 Å². The van der Waals surface area contributed by atoms with Gasteiger partial charge in [-0.2, -0.15) is 0 Å². The first-order valence-corrected chi connectivity index (χ1v) is 11.4. The Labute approximate surface area is 199 Å². The summed E-state index contributed by atoms with van der Waals surface area (Å²) in [5, 5.41) is 17.7. The maximum absolute atomic E-state index is 12.6. The summed E-state index contributed by atoms with van der Waals surface area (Å²) in [5.41, 5.74) is 4.55. The van der Waals surface area contributed by atoms with Crippen LogP contribution >= 0.6 is 0 Å². The second kappa shape index (κ2) is 8.93. The molecule has 2 N–H and O–H groups in total. The minimum atomic E-state index is -0.970. The number of pyridine rings is 1. The number of morpholine rings is 1. The lowest BCUT2D eigenvalue weighted by molar-refractivity contribution is 0.0786. The smallest absolute Gasteiger partial charge is 0.281 e. The lowest BCUT2D eigenvalue weighted by Crippen LogP contribution is -2.36. The first-order valence-electron chi connectivity index (χ1n) is 11.4. The third-order valence-electron chi connectivity index (χ3n) is 6.08. The van der Waals surface area contributed by atoms with E-state index in [2.05, 4.69) is 27.7 Å². The molecule has 5 rings (SSSR count). The number of anilines is 3.